The molecule has 2 aromatic rings. The topological polar surface area (TPSA) is 76.3 Å². The molecular weight excluding hydrogens is 282 g/mol. The van der Waals surface area contributed by atoms with Gasteiger partial charge in [-0.15, -0.1) is 0 Å². The molecule has 0 aliphatic carbocycles. The van der Waals surface area contributed by atoms with Crippen molar-refractivity contribution in [3.8, 4) is 0 Å². The summed E-state index contributed by atoms with van der Waals surface area (Å²) < 4.78 is 0. The lowest BCUT2D eigenvalue weighted by molar-refractivity contribution is -0.385. The number of carbonyl (C=O) groups excluding carboxylic acids is 1. The lowest BCUT2D eigenvalue weighted by Crippen LogP contribution is -2.31. The molecule has 0 aliphatic rings. The minimum atomic E-state index is -0.432. The zero-order valence-electron chi connectivity index (χ0n) is 12.5. The molecule has 0 saturated carbocycles. The van der Waals surface area contributed by atoms with Crippen LogP contribution in [0.25, 0.3) is 0 Å². The fourth-order valence-corrected chi connectivity index (χ4v) is 2.18. The molecule has 6 nitrogen and oxygen atoms in total. The first kappa shape index (κ1) is 15.6. The summed E-state index contributed by atoms with van der Waals surface area (Å²) in [6.07, 6.45) is 0. The molecule has 0 aliphatic heterocycles. The van der Waals surface area contributed by atoms with Crippen molar-refractivity contribution < 1.29 is 9.72 Å². The number of hydrogen-bond acceptors (Lipinski definition) is 4. The molecule has 22 heavy (non-hydrogen) atoms. The quantitative estimate of drug-likeness (QED) is 0.628. The Balaban J connectivity index is 2.26. The maximum absolute atomic E-state index is 12.5. The standard InChI is InChI=1S/C16H17N3O3/c1-3-18(16(20)14-9-6-7-12(2)17-14)11-13-8-4-5-10-15(13)19(21)22/h4-10H,3,11H2,1-2H3. The van der Waals surface area contributed by atoms with Gasteiger partial charge in [0, 0.05) is 23.9 Å². The SMILES string of the molecule is CCN(Cc1ccccc1[N+](=O)[O-])C(=O)c1cccc(C)n1. The summed E-state index contributed by atoms with van der Waals surface area (Å²) in [6.45, 7) is 4.28. The van der Waals surface area contributed by atoms with Gasteiger partial charge in [-0.1, -0.05) is 24.3 Å². The van der Waals surface area contributed by atoms with Gasteiger partial charge in [-0.05, 0) is 26.0 Å². The minimum Gasteiger partial charge on any atom is -0.333 e. The van der Waals surface area contributed by atoms with Crippen molar-refractivity contribution in [2.75, 3.05) is 6.54 Å². The van der Waals surface area contributed by atoms with Crippen LogP contribution >= 0.6 is 0 Å². The molecule has 0 spiro atoms. The van der Waals surface area contributed by atoms with E-state index < -0.39 is 4.92 Å². The molecule has 0 saturated heterocycles. The number of carbonyl (C=O) groups is 1. The van der Waals surface area contributed by atoms with Gasteiger partial charge in [0.15, 0.2) is 0 Å². The highest BCUT2D eigenvalue weighted by atomic mass is 16.6. The number of rotatable bonds is 5. The van der Waals surface area contributed by atoms with Gasteiger partial charge in [0.05, 0.1) is 11.5 Å². The summed E-state index contributed by atoms with van der Waals surface area (Å²) in [5.41, 5.74) is 1.63. The van der Waals surface area contributed by atoms with Crippen LogP contribution in [0.2, 0.25) is 0 Å². The number of nitro benzene ring substituents is 1. The number of para-hydroxylation sites is 1. The first-order chi connectivity index (χ1) is 10.5. The second-order valence-electron chi connectivity index (χ2n) is 4.87. The van der Waals surface area contributed by atoms with Gasteiger partial charge in [0.1, 0.15) is 5.69 Å². The Morgan fingerprint density at radius 1 is 1.23 bits per heavy atom. The van der Waals surface area contributed by atoms with Gasteiger partial charge < -0.3 is 4.90 Å². The number of benzene rings is 1. The van der Waals surface area contributed by atoms with Crippen LogP contribution < -0.4 is 0 Å². The fraction of sp³-hybridized carbons (Fsp3) is 0.250. The summed E-state index contributed by atoms with van der Waals surface area (Å²) in [7, 11) is 0. The van der Waals surface area contributed by atoms with Crippen LogP contribution in [0.4, 0.5) is 5.69 Å². The molecular formula is C16H17N3O3. The Labute approximate surface area is 128 Å². The molecule has 0 fully saturated rings. The molecule has 0 bridgehead atoms. The summed E-state index contributed by atoms with van der Waals surface area (Å²) in [4.78, 5) is 28.9. The second-order valence-corrected chi connectivity index (χ2v) is 4.87. The zero-order chi connectivity index (χ0) is 16.1. The van der Waals surface area contributed by atoms with Crippen LogP contribution in [-0.2, 0) is 6.54 Å². The molecule has 6 heteroatoms. The average molecular weight is 299 g/mol. The summed E-state index contributed by atoms with van der Waals surface area (Å²) in [6, 6.07) is 11.7. The molecule has 0 N–H and O–H groups in total. The third-order valence-corrected chi connectivity index (χ3v) is 3.33. The van der Waals surface area contributed by atoms with Crippen molar-refractivity contribution >= 4 is 11.6 Å². The largest absolute Gasteiger partial charge is 0.333 e. The van der Waals surface area contributed by atoms with E-state index >= 15 is 0 Å². The monoisotopic (exact) mass is 299 g/mol. The van der Waals surface area contributed by atoms with Crippen LogP contribution in [-0.4, -0.2) is 27.3 Å². The van der Waals surface area contributed by atoms with E-state index in [0.29, 0.717) is 17.8 Å². The third kappa shape index (κ3) is 3.46. The van der Waals surface area contributed by atoms with Crippen LogP contribution in [0, 0.1) is 17.0 Å². The van der Waals surface area contributed by atoms with Crippen molar-refractivity contribution in [1.29, 1.82) is 0 Å². The second kappa shape index (κ2) is 6.80. The number of amides is 1. The molecule has 1 aromatic carbocycles. The zero-order valence-corrected chi connectivity index (χ0v) is 12.5. The maximum Gasteiger partial charge on any atom is 0.274 e. The van der Waals surface area contributed by atoms with Crippen molar-refractivity contribution in [1.82, 2.24) is 9.88 Å². The summed E-state index contributed by atoms with van der Waals surface area (Å²) in [5, 5.41) is 11.1. The number of hydrogen-bond donors (Lipinski definition) is 0. The van der Waals surface area contributed by atoms with Gasteiger partial charge in [-0.3, -0.25) is 14.9 Å². The minimum absolute atomic E-state index is 0.0194. The smallest absolute Gasteiger partial charge is 0.274 e. The number of aromatic nitrogens is 1. The van der Waals surface area contributed by atoms with Crippen LogP contribution in [0.5, 0.6) is 0 Å². The van der Waals surface area contributed by atoms with Crippen LogP contribution in [0.15, 0.2) is 42.5 Å². The molecule has 1 aromatic heterocycles. The predicted molar refractivity (Wildman–Crippen MR) is 82.5 cm³/mol. The average Bonchev–Trinajstić information content (AvgIpc) is 2.52. The Hall–Kier alpha value is -2.76. The molecule has 1 heterocycles. The van der Waals surface area contributed by atoms with Crippen molar-refractivity contribution in [3.05, 3.63) is 69.5 Å². The van der Waals surface area contributed by atoms with Crippen LogP contribution in [0.1, 0.15) is 28.7 Å². The Morgan fingerprint density at radius 2 is 1.95 bits per heavy atom. The Bertz CT molecular complexity index is 701. The molecule has 0 radical (unpaired) electrons. The normalized spacial score (nSPS) is 10.3. The van der Waals surface area contributed by atoms with Crippen molar-refractivity contribution in [2.24, 2.45) is 0 Å². The third-order valence-electron chi connectivity index (χ3n) is 3.33. The molecule has 2 rings (SSSR count). The van der Waals surface area contributed by atoms with E-state index in [1.54, 1.807) is 35.2 Å². The van der Waals surface area contributed by atoms with Gasteiger partial charge in [0.2, 0.25) is 0 Å². The highest BCUT2D eigenvalue weighted by Crippen LogP contribution is 2.20. The number of aryl methyl sites for hydroxylation is 1. The Morgan fingerprint density at radius 3 is 2.59 bits per heavy atom. The van der Waals surface area contributed by atoms with E-state index in [2.05, 4.69) is 4.98 Å². The van der Waals surface area contributed by atoms with Gasteiger partial charge in [0.25, 0.3) is 11.6 Å². The highest BCUT2D eigenvalue weighted by Gasteiger charge is 2.20. The molecule has 0 unspecified atom stereocenters. The first-order valence-electron chi connectivity index (χ1n) is 6.98. The lowest BCUT2D eigenvalue weighted by atomic mass is 10.1. The van der Waals surface area contributed by atoms with Gasteiger partial charge >= 0.3 is 0 Å². The summed E-state index contributed by atoms with van der Waals surface area (Å²) >= 11 is 0. The van der Waals surface area contributed by atoms with E-state index in [4.69, 9.17) is 0 Å². The highest BCUT2D eigenvalue weighted by molar-refractivity contribution is 5.92. The molecule has 114 valence electrons. The van der Waals surface area contributed by atoms with Gasteiger partial charge in [-0.2, -0.15) is 0 Å². The van der Waals surface area contributed by atoms with Gasteiger partial charge in [-0.25, -0.2) is 4.98 Å². The van der Waals surface area contributed by atoms with Crippen LogP contribution in [0.3, 0.4) is 0 Å². The van der Waals surface area contributed by atoms with E-state index in [0.717, 1.165) is 5.69 Å². The molecule has 1 amide bonds. The van der Waals surface area contributed by atoms with E-state index in [1.807, 2.05) is 19.9 Å². The number of nitro groups is 1. The Kier molecular flexibility index (Phi) is 4.83. The van der Waals surface area contributed by atoms with E-state index in [9.17, 15) is 14.9 Å². The fourth-order valence-electron chi connectivity index (χ4n) is 2.18. The molecule has 0 atom stereocenters. The number of nitrogens with zero attached hydrogens (tertiary/aromatic N) is 3. The summed E-state index contributed by atoms with van der Waals surface area (Å²) in [5.74, 6) is -0.232. The van der Waals surface area contributed by atoms with E-state index in [1.165, 1.54) is 6.07 Å². The first-order valence-corrected chi connectivity index (χ1v) is 6.98. The van der Waals surface area contributed by atoms with Crippen molar-refractivity contribution in [2.45, 2.75) is 20.4 Å². The number of pyridine rings is 1. The van der Waals surface area contributed by atoms with E-state index in [-0.39, 0.29) is 18.1 Å². The maximum atomic E-state index is 12.5. The lowest BCUT2D eigenvalue weighted by Gasteiger charge is -2.20. The van der Waals surface area contributed by atoms with Crippen molar-refractivity contribution in [3.63, 3.8) is 0 Å². The predicted octanol–water partition coefficient (Wildman–Crippen LogP) is 2.96.